The molecule has 1 heteroatoms. The van der Waals surface area contributed by atoms with Crippen molar-refractivity contribution in [3.8, 4) is 11.1 Å². The summed E-state index contributed by atoms with van der Waals surface area (Å²) in [6, 6.07) is 51.8. The van der Waals surface area contributed by atoms with Crippen LogP contribution in [0.1, 0.15) is 36.1 Å². The molecule has 0 saturated heterocycles. The van der Waals surface area contributed by atoms with Crippen LogP contribution in [0.2, 0.25) is 0 Å². The molecule has 0 bridgehead atoms. The van der Waals surface area contributed by atoms with Gasteiger partial charge in [0.1, 0.15) is 11.2 Å². The van der Waals surface area contributed by atoms with Crippen LogP contribution in [-0.4, -0.2) is 0 Å². The SMILES string of the molecule is C=C/C=C\C(=C)c1ccccccc(-c2ccc(C(=C)/C=C3\C(=C)C(C)(C)c4cc5ccc6c7ccccc7oc6c5cc43)c3ccccc23)c2ccccc12. The molecule has 9 rings (SSSR count). The van der Waals surface area contributed by atoms with Gasteiger partial charge in [-0.1, -0.05) is 180 Å². The van der Waals surface area contributed by atoms with E-state index in [4.69, 9.17) is 17.6 Å². The molecule has 1 aliphatic rings. The molecule has 0 unspecified atom stereocenters. The van der Waals surface area contributed by atoms with E-state index in [1.807, 2.05) is 24.3 Å². The van der Waals surface area contributed by atoms with E-state index in [0.717, 1.165) is 93.4 Å². The highest BCUT2D eigenvalue weighted by atomic mass is 16.3. The molecule has 0 amide bonds. The molecule has 0 saturated carbocycles. The second-order valence-corrected chi connectivity index (χ2v) is 15.1. The highest BCUT2D eigenvalue weighted by molar-refractivity contribution is 6.17. The molecule has 0 radical (unpaired) electrons. The average molecular weight is 719 g/mol. The molecule has 1 heterocycles. The minimum absolute atomic E-state index is 0.247. The third-order valence-electron chi connectivity index (χ3n) is 11.6. The molecule has 0 N–H and O–H groups in total. The fourth-order valence-electron chi connectivity index (χ4n) is 8.54. The van der Waals surface area contributed by atoms with E-state index >= 15 is 0 Å². The van der Waals surface area contributed by atoms with Gasteiger partial charge in [0.25, 0.3) is 0 Å². The van der Waals surface area contributed by atoms with E-state index in [1.165, 1.54) is 16.5 Å². The van der Waals surface area contributed by atoms with Crippen LogP contribution in [0.25, 0.3) is 82.1 Å². The summed E-state index contributed by atoms with van der Waals surface area (Å²) in [5, 5.41) is 9.10. The van der Waals surface area contributed by atoms with Crippen molar-refractivity contribution in [1.29, 1.82) is 0 Å². The second-order valence-electron chi connectivity index (χ2n) is 15.1. The predicted molar refractivity (Wildman–Crippen MR) is 243 cm³/mol. The second kappa shape index (κ2) is 13.7. The van der Waals surface area contributed by atoms with E-state index < -0.39 is 0 Å². The van der Waals surface area contributed by atoms with Crippen molar-refractivity contribution in [2.45, 2.75) is 19.3 Å². The molecule has 56 heavy (non-hydrogen) atoms. The maximum atomic E-state index is 6.50. The lowest BCUT2D eigenvalue weighted by Gasteiger charge is -2.21. The van der Waals surface area contributed by atoms with Gasteiger partial charge in [-0.2, -0.15) is 0 Å². The number of allylic oxidation sites excluding steroid dienone is 8. The monoisotopic (exact) mass is 718 g/mol. The van der Waals surface area contributed by atoms with Crippen LogP contribution in [0, 0.1) is 0 Å². The minimum atomic E-state index is -0.247. The van der Waals surface area contributed by atoms with E-state index in [-0.39, 0.29) is 5.41 Å². The Bertz CT molecular complexity index is 3120. The summed E-state index contributed by atoms with van der Waals surface area (Å²) in [6.45, 7) is 22.2. The van der Waals surface area contributed by atoms with Crippen molar-refractivity contribution in [1.82, 2.24) is 0 Å². The summed E-state index contributed by atoms with van der Waals surface area (Å²) in [5.74, 6) is 0. The summed E-state index contributed by atoms with van der Waals surface area (Å²) >= 11 is 0. The number of rotatable bonds is 6. The van der Waals surface area contributed by atoms with Crippen LogP contribution in [0.15, 0.2) is 206 Å². The van der Waals surface area contributed by atoms with E-state index in [0.29, 0.717) is 0 Å². The Morgan fingerprint density at radius 2 is 1.16 bits per heavy atom. The lowest BCUT2D eigenvalue weighted by molar-refractivity contribution is 0.663. The number of furan rings is 1. The predicted octanol–water partition coefficient (Wildman–Crippen LogP) is 15.5. The summed E-state index contributed by atoms with van der Waals surface area (Å²) in [4.78, 5) is 0. The van der Waals surface area contributed by atoms with Crippen molar-refractivity contribution in [3.05, 3.63) is 224 Å². The van der Waals surface area contributed by atoms with Gasteiger partial charge in [0, 0.05) is 21.6 Å². The summed E-state index contributed by atoms with van der Waals surface area (Å²) in [6.07, 6.45) is 7.97. The summed E-state index contributed by atoms with van der Waals surface area (Å²) in [7, 11) is 0. The summed E-state index contributed by atoms with van der Waals surface area (Å²) < 4.78 is 6.50. The van der Waals surface area contributed by atoms with Gasteiger partial charge in [-0.05, 0) is 113 Å². The molecule has 1 nitrogen and oxygen atoms in total. The molecular formula is C55H42O. The quantitative estimate of drug-likeness (QED) is 0.156. The molecule has 268 valence electrons. The van der Waals surface area contributed by atoms with Gasteiger partial charge in [-0.25, -0.2) is 0 Å². The van der Waals surface area contributed by atoms with Crippen molar-refractivity contribution >= 4 is 71.0 Å². The number of hydrogen-bond acceptors (Lipinski definition) is 1. The third-order valence-corrected chi connectivity index (χ3v) is 11.6. The lowest BCUT2D eigenvalue weighted by atomic mass is 9.82. The molecule has 1 aliphatic carbocycles. The minimum Gasteiger partial charge on any atom is -0.455 e. The summed E-state index contributed by atoms with van der Waals surface area (Å²) in [5.41, 5.74) is 12.5. The van der Waals surface area contributed by atoms with E-state index in [2.05, 4.69) is 167 Å². The van der Waals surface area contributed by atoms with Gasteiger partial charge >= 0.3 is 0 Å². The Balaban J connectivity index is 1.21. The number of benzene rings is 6. The molecule has 0 aliphatic heterocycles. The highest BCUT2D eigenvalue weighted by Crippen LogP contribution is 2.52. The first kappa shape index (κ1) is 34.8. The van der Waals surface area contributed by atoms with Crippen LogP contribution < -0.4 is 0 Å². The van der Waals surface area contributed by atoms with Crippen LogP contribution in [0.5, 0.6) is 0 Å². The van der Waals surface area contributed by atoms with Crippen molar-refractivity contribution in [2.24, 2.45) is 0 Å². The first-order valence-corrected chi connectivity index (χ1v) is 19.1. The lowest BCUT2D eigenvalue weighted by Crippen LogP contribution is -2.14. The largest absolute Gasteiger partial charge is 0.455 e. The van der Waals surface area contributed by atoms with Gasteiger partial charge in [0.2, 0.25) is 0 Å². The van der Waals surface area contributed by atoms with Crippen molar-refractivity contribution in [3.63, 3.8) is 0 Å². The first-order valence-electron chi connectivity index (χ1n) is 19.1. The van der Waals surface area contributed by atoms with Crippen LogP contribution in [-0.2, 0) is 5.41 Å². The maximum absolute atomic E-state index is 6.50. The molecule has 0 atom stereocenters. The van der Waals surface area contributed by atoms with Crippen molar-refractivity contribution < 1.29 is 4.42 Å². The molecule has 8 aromatic rings. The Hall–Kier alpha value is -6.96. The zero-order valence-corrected chi connectivity index (χ0v) is 31.9. The third kappa shape index (κ3) is 5.63. The Morgan fingerprint density at radius 1 is 0.554 bits per heavy atom. The van der Waals surface area contributed by atoms with Crippen LogP contribution in [0.3, 0.4) is 0 Å². The van der Waals surface area contributed by atoms with Gasteiger partial charge < -0.3 is 4.42 Å². The maximum Gasteiger partial charge on any atom is 0.143 e. The number of para-hydroxylation sites is 1. The molecule has 0 fully saturated rings. The first-order chi connectivity index (χ1) is 27.3. The Labute approximate surface area is 328 Å². The normalized spacial score (nSPS) is 14.2. The molecule has 1 aromatic heterocycles. The fourth-order valence-corrected chi connectivity index (χ4v) is 8.54. The highest BCUT2D eigenvalue weighted by Gasteiger charge is 2.37. The topological polar surface area (TPSA) is 13.1 Å². The molecule has 7 aromatic carbocycles. The fraction of sp³-hybridized carbons (Fsp3) is 0.0545. The molecular weight excluding hydrogens is 677 g/mol. The van der Waals surface area contributed by atoms with E-state index in [1.54, 1.807) is 6.08 Å². The average Bonchev–Trinajstić information content (AvgIpc) is 3.69. The number of fused-ring (bicyclic) bond motifs is 8. The van der Waals surface area contributed by atoms with Gasteiger partial charge in [-0.3, -0.25) is 0 Å². The number of hydrogen-bond donors (Lipinski definition) is 0. The van der Waals surface area contributed by atoms with Crippen LogP contribution >= 0.6 is 0 Å². The van der Waals surface area contributed by atoms with Gasteiger partial charge in [0.15, 0.2) is 0 Å². The van der Waals surface area contributed by atoms with Crippen LogP contribution in [0.4, 0.5) is 0 Å². The van der Waals surface area contributed by atoms with Crippen molar-refractivity contribution in [2.75, 3.05) is 0 Å². The Kier molecular flexibility index (Phi) is 8.52. The Morgan fingerprint density at radius 3 is 1.88 bits per heavy atom. The van der Waals surface area contributed by atoms with Gasteiger partial charge in [-0.15, -0.1) is 0 Å². The standard InChI is InChI=1S/C55H42O/c1-7-8-19-35(2)39-20-11-9-10-12-21-45(43-24-15-13-22-41(39)43)46-31-30-40(42-23-14-16-25-44(42)46)36(3)32-49-37(4)55(5,6)52-33-38-28-29-48-47-26-17-18-27-53(47)56-54(48)50(38)34-51(49)52/h7-34H,1-4H2,5-6H3/b10-9?,11-9?,12-10?,19-8-,20-11?,21-12?,39-20?,41-39?,45-21?,45-43?,49-32+. The van der Waals surface area contributed by atoms with E-state index in [9.17, 15) is 0 Å². The zero-order valence-electron chi connectivity index (χ0n) is 31.9. The molecule has 0 spiro atoms. The zero-order chi connectivity index (χ0) is 38.6. The smallest absolute Gasteiger partial charge is 0.143 e. The van der Waals surface area contributed by atoms with Gasteiger partial charge in [0.05, 0.1) is 0 Å².